The van der Waals surface area contributed by atoms with Gasteiger partial charge in [-0.3, -0.25) is 14.8 Å². The fourth-order valence-corrected chi connectivity index (χ4v) is 2.37. The second-order valence-electron chi connectivity index (χ2n) is 4.73. The van der Waals surface area contributed by atoms with E-state index in [9.17, 15) is 4.79 Å². The average Bonchev–Trinajstić information content (AvgIpc) is 2.84. The van der Waals surface area contributed by atoms with Gasteiger partial charge in [-0.05, 0) is 24.6 Å². The van der Waals surface area contributed by atoms with Crippen LogP contribution in [0.15, 0.2) is 36.8 Å². The molecule has 5 nitrogen and oxygen atoms in total. The quantitative estimate of drug-likeness (QED) is 0.832. The Morgan fingerprint density at radius 1 is 1.45 bits per heavy atom. The number of rotatable bonds is 2. The highest BCUT2D eigenvalue weighted by Gasteiger charge is 2.32. The topological polar surface area (TPSA) is 69.9 Å². The van der Waals surface area contributed by atoms with Crippen LogP contribution < -0.4 is 0 Å². The van der Waals surface area contributed by atoms with Crippen molar-refractivity contribution in [2.24, 2.45) is 0 Å². The van der Waals surface area contributed by atoms with Crippen LogP contribution in [-0.4, -0.2) is 20.8 Å². The van der Waals surface area contributed by atoms with Gasteiger partial charge in [0.05, 0.1) is 29.4 Å². The van der Waals surface area contributed by atoms with Crippen molar-refractivity contribution in [3.63, 3.8) is 0 Å². The molecule has 1 amide bonds. The summed E-state index contributed by atoms with van der Waals surface area (Å²) in [4.78, 5) is 22.5. The van der Waals surface area contributed by atoms with Crippen molar-refractivity contribution < 1.29 is 4.79 Å². The van der Waals surface area contributed by atoms with Gasteiger partial charge in [-0.2, -0.15) is 5.26 Å². The molecule has 3 rings (SSSR count). The molecule has 5 heteroatoms. The third-order valence-electron chi connectivity index (χ3n) is 3.55. The van der Waals surface area contributed by atoms with Gasteiger partial charge >= 0.3 is 0 Å². The minimum absolute atomic E-state index is 0.0732. The van der Waals surface area contributed by atoms with Crippen LogP contribution in [0.1, 0.15) is 40.1 Å². The first-order valence-corrected chi connectivity index (χ1v) is 6.30. The summed E-state index contributed by atoms with van der Waals surface area (Å²) in [7, 11) is 0. The second kappa shape index (κ2) is 4.74. The molecule has 2 aromatic heterocycles. The molecule has 0 N–H and O–H groups in total. The molecule has 98 valence electrons. The second-order valence-corrected chi connectivity index (χ2v) is 4.73. The highest BCUT2D eigenvalue weighted by Crippen LogP contribution is 2.30. The molecule has 0 bridgehead atoms. The summed E-state index contributed by atoms with van der Waals surface area (Å²) in [6.45, 7) is 2.43. The van der Waals surface area contributed by atoms with Crippen molar-refractivity contribution in [3.8, 4) is 6.07 Å². The number of nitriles is 1. The molecule has 1 atom stereocenters. The summed E-state index contributed by atoms with van der Waals surface area (Å²) in [6, 6.07) is 7.35. The summed E-state index contributed by atoms with van der Waals surface area (Å²) in [5, 5.41) is 8.89. The predicted octanol–water partition coefficient (Wildman–Crippen LogP) is 2.07. The van der Waals surface area contributed by atoms with Crippen molar-refractivity contribution in [3.05, 3.63) is 59.2 Å². The third-order valence-corrected chi connectivity index (χ3v) is 3.55. The van der Waals surface area contributed by atoms with Gasteiger partial charge in [-0.1, -0.05) is 6.07 Å². The van der Waals surface area contributed by atoms with E-state index in [-0.39, 0.29) is 11.9 Å². The van der Waals surface area contributed by atoms with Crippen molar-refractivity contribution in [2.45, 2.75) is 19.5 Å². The lowest BCUT2D eigenvalue weighted by Gasteiger charge is -2.23. The molecule has 0 radical (unpaired) electrons. The van der Waals surface area contributed by atoms with Crippen LogP contribution in [0.25, 0.3) is 0 Å². The number of fused-ring (bicyclic) bond motifs is 1. The summed E-state index contributed by atoms with van der Waals surface area (Å²) >= 11 is 0. The van der Waals surface area contributed by atoms with E-state index in [1.807, 2.05) is 25.1 Å². The van der Waals surface area contributed by atoms with Gasteiger partial charge in [0.1, 0.15) is 6.07 Å². The Bertz CT molecular complexity index is 706. The molecule has 2 aromatic rings. The maximum Gasteiger partial charge on any atom is 0.256 e. The summed E-state index contributed by atoms with van der Waals surface area (Å²) in [5.41, 5.74) is 2.65. The van der Waals surface area contributed by atoms with Crippen molar-refractivity contribution in [1.82, 2.24) is 14.9 Å². The Morgan fingerprint density at radius 3 is 3.00 bits per heavy atom. The molecule has 0 aliphatic carbocycles. The number of hydrogen-bond donors (Lipinski definition) is 0. The molecular formula is C15H12N4O. The van der Waals surface area contributed by atoms with Crippen molar-refractivity contribution in [1.29, 1.82) is 5.26 Å². The number of carbonyl (C=O) groups excluding carboxylic acids is 1. The monoisotopic (exact) mass is 264 g/mol. The molecular weight excluding hydrogens is 252 g/mol. The molecule has 0 spiro atoms. The Hall–Kier alpha value is -2.74. The van der Waals surface area contributed by atoms with Crippen LogP contribution in [0, 0.1) is 11.3 Å². The largest absolute Gasteiger partial charge is 0.326 e. The van der Waals surface area contributed by atoms with Gasteiger partial charge in [-0.15, -0.1) is 0 Å². The van der Waals surface area contributed by atoms with Crippen molar-refractivity contribution in [2.75, 3.05) is 0 Å². The van der Waals surface area contributed by atoms with Gasteiger partial charge in [0, 0.05) is 18.6 Å². The van der Waals surface area contributed by atoms with Crippen LogP contribution in [0.4, 0.5) is 0 Å². The molecule has 0 fully saturated rings. The molecule has 0 aromatic carbocycles. The summed E-state index contributed by atoms with van der Waals surface area (Å²) < 4.78 is 0. The van der Waals surface area contributed by atoms with Crippen molar-refractivity contribution >= 4 is 5.91 Å². The Kier molecular flexibility index (Phi) is 2.92. The standard InChI is InChI=1S/C15H12N4O/c1-10(12-3-2-4-17-8-12)19-9-14-13(15(19)20)5-11(6-16)7-18-14/h2-5,7-8,10H,9H2,1H3. The third kappa shape index (κ3) is 1.91. The Morgan fingerprint density at radius 2 is 2.30 bits per heavy atom. The lowest BCUT2D eigenvalue weighted by molar-refractivity contribution is 0.0715. The Labute approximate surface area is 116 Å². The van der Waals surface area contributed by atoms with E-state index in [0.717, 1.165) is 11.3 Å². The molecule has 1 aliphatic rings. The fraction of sp³-hybridized carbons (Fsp3) is 0.200. The number of hydrogen-bond acceptors (Lipinski definition) is 4. The smallest absolute Gasteiger partial charge is 0.256 e. The van der Waals surface area contributed by atoms with Crippen LogP contribution in [0.3, 0.4) is 0 Å². The highest BCUT2D eigenvalue weighted by molar-refractivity contribution is 5.98. The molecule has 0 saturated carbocycles. The molecule has 20 heavy (non-hydrogen) atoms. The minimum Gasteiger partial charge on any atom is -0.326 e. The fourth-order valence-electron chi connectivity index (χ4n) is 2.37. The van der Waals surface area contributed by atoms with Crippen LogP contribution in [0.5, 0.6) is 0 Å². The molecule has 1 aliphatic heterocycles. The first-order chi connectivity index (χ1) is 9.70. The first kappa shape index (κ1) is 12.3. The van der Waals surface area contributed by atoms with Gasteiger partial charge in [-0.25, -0.2) is 0 Å². The summed E-state index contributed by atoms with van der Waals surface area (Å²) in [5.74, 6) is -0.0825. The van der Waals surface area contributed by atoms with Crippen LogP contribution in [-0.2, 0) is 6.54 Å². The molecule has 3 heterocycles. The maximum absolute atomic E-state index is 12.4. The van der Waals surface area contributed by atoms with Crippen LogP contribution in [0.2, 0.25) is 0 Å². The van der Waals surface area contributed by atoms with Gasteiger partial charge < -0.3 is 4.90 Å². The van der Waals surface area contributed by atoms with E-state index < -0.39 is 0 Å². The lowest BCUT2D eigenvalue weighted by Crippen LogP contribution is -2.27. The van der Waals surface area contributed by atoms with Crippen LogP contribution >= 0.6 is 0 Å². The lowest BCUT2D eigenvalue weighted by atomic mass is 10.1. The maximum atomic E-state index is 12.4. The van der Waals surface area contributed by atoms with Gasteiger partial charge in [0.2, 0.25) is 0 Å². The van der Waals surface area contributed by atoms with E-state index in [4.69, 9.17) is 5.26 Å². The SMILES string of the molecule is CC(c1cccnc1)N1Cc2ncc(C#N)cc2C1=O. The Balaban J connectivity index is 1.92. The zero-order valence-corrected chi connectivity index (χ0v) is 10.9. The van der Waals surface area contributed by atoms with E-state index in [1.54, 1.807) is 23.4 Å². The number of aromatic nitrogens is 2. The van der Waals surface area contributed by atoms with E-state index >= 15 is 0 Å². The number of amides is 1. The zero-order chi connectivity index (χ0) is 14.1. The highest BCUT2D eigenvalue weighted by atomic mass is 16.2. The minimum atomic E-state index is -0.0825. The predicted molar refractivity (Wildman–Crippen MR) is 71.5 cm³/mol. The van der Waals surface area contributed by atoms with Gasteiger partial charge in [0.25, 0.3) is 5.91 Å². The summed E-state index contributed by atoms with van der Waals surface area (Å²) in [6.07, 6.45) is 4.97. The average molecular weight is 264 g/mol. The van der Waals surface area contributed by atoms with E-state index in [2.05, 4.69) is 9.97 Å². The molecule has 1 unspecified atom stereocenters. The zero-order valence-electron chi connectivity index (χ0n) is 10.9. The van der Waals surface area contributed by atoms with E-state index in [0.29, 0.717) is 17.7 Å². The number of pyridine rings is 2. The normalized spacial score (nSPS) is 14.8. The number of carbonyl (C=O) groups is 1. The van der Waals surface area contributed by atoms with Gasteiger partial charge in [0.15, 0.2) is 0 Å². The first-order valence-electron chi connectivity index (χ1n) is 6.30. The van der Waals surface area contributed by atoms with E-state index in [1.165, 1.54) is 6.20 Å². The molecule has 0 saturated heterocycles. The number of nitrogens with zero attached hydrogens (tertiary/aromatic N) is 4.